The average molecular weight is 386 g/mol. The number of anilines is 3. The van der Waals surface area contributed by atoms with Crippen LogP contribution in [0, 0.1) is 12.7 Å². The van der Waals surface area contributed by atoms with E-state index in [1.165, 1.54) is 11.0 Å². The predicted octanol–water partition coefficient (Wildman–Crippen LogP) is 3.17. The number of cyclic esters (lactones) is 1. The number of amides is 3. The van der Waals surface area contributed by atoms with Crippen LogP contribution < -0.4 is 21.3 Å². The van der Waals surface area contributed by atoms with Gasteiger partial charge >= 0.3 is 17.9 Å². The van der Waals surface area contributed by atoms with Crippen LogP contribution >= 0.6 is 0 Å². The average Bonchev–Trinajstić information content (AvgIpc) is 3.21. The minimum Gasteiger partial charge on any atom is -0.447 e. The third-order valence-electron chi connectivity index (χ3n) is 4.28. The van der Waals surface area contributed by atoms with Crippen LogP contribution in [0.25, 0.3) is 11.1 Å². The molecule has 9 nitrogen and oxygen atoms in total. The minimum absolute atomic E-state index is 0.117. The van der Waals surface area contributed by atoms with E-state index in [1.807, 2.05) is 6.92 Å². The molecule has 3 amide bonds. The van der Waals surface area contributed by atoms with E-state index in [0.29, 0.717) is 24.5 Å². The third-order valence-corrected chi connectivity index (χ3v) is 4.28. The quantitative estimate of drug-likeness (QED) is 0.639. The van der Waals surface area contributed by atoms with E-state index in [0.717, 1.165) is 11.6 Å². The zero-order valence-electron chi connectivity index (χ0n) is 14.7. The molecule has 2 heterocycles. The number of nitrogens with zero attached hydrogens (tertiary/aromatic N) is 1. The summed E-state index contributed by atoms with van der Waals surface area (Å²) in [5.41, 5.74) is 2.02. The minimum atomic E-state index is -0.732. The fourth-order valence-corrected chi connectivity index (χ4v) is 2.94. The maximum Gasteiger partial charge on any atom is 0.417 e. The monoisotopic (exact) mass is 386 g/mol. The van der Waals surface area contributed by atoms with Crippen molar-refractivity contribution in [2.45, 2.75) is 6.92 Å². The molecule has 0 saturated carbocycles. The lowest BCUT2D eigenvalue weighted by molar-refractivity contribution is 0.181. The van der Waals surface area contributed by atoms with Gasteiger partial charge in [-0.2, -0.15) is 0 Å². The summed E-state index contributed by atoms with van der Waals surface area (Å²) < 4.78 is 23.9. The third kappa shape index (κ3) is 3.27. The highest BCUT2D eigenvalue weighted by Gasteiger charge is 2.25. The maximum absolute atomic E-state index is 14.1. The van der Waals surface area contributed by atoms with Gasteiger partial charge < -0.3 is 19.8 Å². The van der Waals surface area contributed by atoms with Gasteiger partial charge in [0.25, 0.3) is 0 Å². The number of hydrogen-bond donors (Lipinski definition) is 3. The lowest BCUT2D eigenvalue weighted by atomic mass is 10.1. The summed E-state index contributed by atoms with van der Waals surface area (Å²) in [5, 5.41) is 4.95. The van der Waals surface area contributed by atoms with Gasteiger partial charge in [-0.3, -0.25) is 9.88 Å². The molecule has 3 aromatic rings. The van der Waals surface area contributed by atoms with Crippen LogP contribution in [0.5, 0.6) is 0 Å². The lowest BCUT2D eigenvalue weighted by Crippen LogP contribution is -2.25. The summed E-state index contributed by atoms with van der Waals surface area (Å²) in [6, 6.07) is 6.60. The van der Waals surface area contributed by atoms with Gasteiger partial charge in [-0.15, -0.1) is 0 Å². The molecular weight excluding hydrogens is 371 g/mol. The molecule has 0 aliphatic carbocycles. The number of halogens is 1. The fourth-order valence-electron chi connectivity index (χ4n) is 2.94. The van der Waals surface area contributed by atoms with Crippen molar-refractivity contribution in [2.75, 3.05) is 28.7 Å². The highest BCUT2D eigenvalue weighted by atomic mass is 19.1. The first-order valence-corrected chi connectivity index (χ1v) is 8.36. The maximum atomic E-state index is 14.1. The number of aromatic nitrogens is 1. The topological polar surface area (TPSA) is 117 Å². The first-order valence-electron chi connectivity index (χ1n) is 8.36. The van der Waals surface area contributed by atoms with Crippen molar-refractivity contribution in [1.82, 2.24) is 4.98 Å². The van der Waals surface area contributed by atoms with Gasteiger partial charge in [0.05, 0.1) is 23.4 Å². The number of hydrogen-bond acceptors (Lipinski definition) is 5. The van der Waals surface area contributed by atoms with E-state index in [2.05, 4.69) is 15.6 Å². The molecule has 28 heavy (non-hydrogen) atoms. The Morgan fingerprint density at radius 2 is 2.04 bits per heavy atom. The smallest absolute Gasteiger partial charge is 0.417 e. The molecule has 4 rings (SSSR count). The van der Waals surface area contributed by atoms with Crippen LogP contribution in [-0.4, -0.2) is 30.3 Å². The summed E-state index contributed by atoms with van der Waals surface area (Å²) in [5.74, 6) is -1.45. The number of nitrogens with one attached hydrogen (secondary N) is 3. The van der Waals surface area contributed by atoms with Crippen molar-refractivity contribution in [3.63, 3.8) is 0 Å². The second-order valence-corrected chi connectivity index (χ2v) is 6.19. The molecule has 1 saturated heterocycles. The van der Waals surface area contributed by atoms with Crippen molar-refractivity contribution in [1.29, 1.82) is 0 Å². The Kier molecular flexibility index (Phi) is 4.22. The highest BCUT2D eigenvalue weighted by Crippen LogP contribution is 2.27. The second-order valence-electron chi connectivity index (χ2n) is 6.19. The van der Waals surface area contributed by atoms with Gasteiger partial charge in [0.2, 0.25) is 0 Å². The molecule has 144 valence electrons. The molecule has 3 N–H and O–H groups in total. The first kappa shape index (κ1) is 17.6. The fraction of sp³-hybridized carbons (Fsp3) is 0.167. The number of urea groups is 1. The Labute approximate surface area is 157 Å². The molecule has 2 aromatic carbocycles. The van der Waals surface area contributed by atoms with Crippen molar-refractivity contribution in [2.24, 2.45) is 0 Å². The van der Waals surface area contributed by atoms with Gasteiger partial charge in [0.15, 0.2) is 5.58 Å². The van der Waals surface area contributed by atoms with Crippen LogP contribution in [0.4, 0.5) is 31.0 Å². The highest BCUT2D eigenvalue weighted by molar-refractivity contribution is 6.01. The number of oxazole rings is 1. The van der Waals surface area contributed by atoms with E-state index in [4.69, 9.17) is 9.15 Å². The van der Waals surface area contributed by atoms with Gasteiger partial charge in [-0.1, -0.05) is 6.07 Å². The van der Waals surface area contributed by atoms with Gasteiger partial charge in [0.1, 0.15) is 12.4 Å². The van der Waals surface area contributed by atoms with E-state index in [1.54, 1.807) is 18.2 Å². The molecule has 0 bridgehead atoms. The van der Waals surface area contributed by atoms with Crippen molar-refractivity contribution >= 4 is 40.3 Å². The zero-order valence-corrected chi connectivity index (χ0v) is 14.7. The van der Waals surface area contributed by atoms with Gasteiger partial charge in [0, 0.05) is 17.8 Å². The normalized spacial score (nSPS) is 13.6. The van der Waals surface area contributed by atoms with Gasteiger partial charge in [-0.05, 0) is 24.6 Å². The van der Waals surface area contributed by atoms with Crippen molar-refractivity contribution in [3.8, 4) is 0 Å². The molecule has 1 aliphatic rings. The molecule has 0 spiro atoms. The van der Waals surface area contributed by atoms with Gasteiger partial charge in [-0.25, -0.2) is 18.8 Å². The molecule has 1 aliphatic heterocycles. The van der Waals surface area contributed by atoms with Crippen LogP contribution in [0.1, 0.15) is 5.56 Å². The number of fused-ring (bicyclic) bond motifs is 1. The summed E-state index contributed by atoms with van der Waals surface area (Å²) in [7, 11) is 0. The van der Waals surface area contributed by atoms with Crippen molar-refractivity contribution < 1.29 is 23.1 Å². The molecule has 0 unspecified atom stereocenters. The zero-order chi connectivity index (χ0) is 19.8. The summed E-state index contributed by atoms with van der Waals surface area (Å²) in [6.45, 7) is 2.55. The molecular formula is C18H15FN4O5. The Balaban J connectivity index is 1.53. The second kappa shape index (κ2) is 6.72. The van der Waals surface area contributed by atoms with Crippen molar-refractivity contribution in [3.05, 3.63) is 52.3 Å². The van der Waals surface area contributed by atoms with Crippen LogP contribution in [0.15, 0.2) is 39.5 Å². The molecule has 0 atom stereocenters. The largest absolute Gasteiger partial charge is 0.447 e. The molecule has 0 radical (unpaired) electrons. The SMILES string of the molecule is Cc1ccc(NC(=O)Nc2cc3oc(=O)[nH]c3cc2F)cc1N1CCOC1=O. The number of rotatable bonds is 3. The number of carbonyl (C=O) groups excluding carboxylic acids is 2. The predicted molar refractivity (Wildman–Crippen MR) is 99.3 cm³/mol. The Morgan fingerprint density at radius 3 is 2.79 bits per heavy atom. The van der Waals surface area contributed by atoms with E-state index in [9.17, 15) is 18.8 Å². The van der Waals surface area contributed by atoms with E-state index >= 15 is 0 Å². The summed E-state index contributed by atoms with van der Waals surface area (Å²) >= 11 is 0. The lowest BCUT2D eigenvalue weighted by Gasteiger charge is -2.17. The van der Waals surface area contributed by atoms with Crippen LogP contribution in [0.3, 0.4) is 0 Å². The standard InChI is InChI=1S/C18H15FN4O5/c1-9-2-3-10(6-14(9)23-4-5-27-18(23)26)20-16(24)21-12-8-15-13(7-11(12)19)22-17(25)28-15/h2-3,6-8H,4-5H2,1H3,(H,22,25)(H2,20,21,24). The summed E-state index contributed by atoms with van der Waals surface area (Å²) in [6.07, 6.45) is -0.451. The van der Waals surface area contributed by atoms with E-state index in [-0.39, 0.29) is 16.8 Å². The van der Waals surface area contributed by atoms with E-state index < -0.39 is 23.7 Å². The van der Waals surface area contributed by atoms with Crippen LogP contribution in [-0.2, 0) is 4.74 Å². The Hall–Kier alpha value is -3.82. The Bertz CT molecular complexity index is 1150. The molecule has 1 fully saturated rings. The number of aryl methyl sites for hydroxylation is 1. The number of carbonyl (C=O) groups is 2. The van der Waals surface area contributed by atoms with Crippen LogP contribution in [0.2, 0.25) is 0 Å². The number of H-pyrrole nitrogens is 1. The number of aromatic amines is 1. The molecule has 10 heteroatoms. The molecule has 1 aromatic heterocycles. The summed E-state index contributed by atoms with van der Waals surface area (Å²) in [4.78, 5) is 39.0. The first-order chi connectivity index (χ1) is 13.4. The Morgan fingerprint density at radius 1 is 1.21 bits per heavy atom. The number of ether oxygens (including phenoxy) is 1. The number of benzene rings is 2.